The van der Waals surface area contributed by atoms with E-state index >= 15 is 0 Å². The molecule has 2 rings (SSSR count). The predicted molar refractivity (Wildman–Crippen MR) is 76.9 cm³/mol. The van der Waals surface area contributed by atoms with Crippen molar-refractivity contribution in [3.05, 3.63) is 28.8 Å². The molecule has 22 heavy (non-hydrogen) atoms. The van der Waals surface area contributed by atoms with Crippen molar-refractivity contribution < 1.29 is 21.6 Å². The van der Waals surface area contributed by atoms with E-state index in [4.69, 9.17) is 0 Å². The van der Waals surface area contributed by atoms with E-state index < -0.39 is 27.3 Å². The van der Waals surface area contributed by atoms with E-state index in [0.29, 0.717) is 24.1 Å². The van der Waals surface area contributed by atoms with Gasteiger partial charge in [-0.25, -0.2) is 13.1 Å². The maximum atomic E-state index is 13.0. The topological polar surface area (TPSA) is 58.2 Å². The highest BCUT2D eigenvalue weighted by molar-refractivity contribution is 7.89. The monoisotopic (exact) mass is 336 g/mol. The Hall–Kier alpha value is -1.12. The van der Waals surface area contributed by atoms with Crippen LogP contribution in [0, 0.1) is 0 Å². The van der Waals surface area contributed by atoms with E-state index in [1.54, 1.807) is 20.8 Å². The van der Waals surface area contributed by atoms with E-state index in [9.17, 15) is 21.6 Å². The fraction of sp³-hybridized carbons (Fsp3) is 0.571. The van der Waals surface area contributed by atoms with Gasteiger partial charge in [-0.05, 0) is 57.0 Å². The van der Waals surface area contributed by atoms with E-state index in [0.717, 1.165) is 12.1 Å². The molecule has 0 bridgehead atoms. The number of benzene rings is 1. The average molecular weight is 336 g/mol. The third-order valence-electron chi connectivity index (χ3n) is 3.23. The van der Waals surface area contributed by atoms with Gasteiger partial charge in [0.05, 0.1) is 10.5 Å². The molecule has 1 aromatic carbocycles. The van der Waals surface area contributed by atoms with Crippen molar-refractivity contribution in [2.75, 3.05) is 6.54 Å². The molecule has 0 amide bonds. The minimum absolute atomic E-state index is 0.233. The summed E-state index contributed by atoms with van der Waals surface area (Å²) in [5, 5.41) is 2.96. The lowest BCUT2D eigenvalue weighted by Gasteiger charge is -2.25. The molecule has 4 nitrogen and oxygen atoms in total. The summed E-state index contributed by atoms with van der Waals surface area (Å²) in [6.45, 7) is 5.71. The standard InChI is InChI=1S/C14H19F3N2O2S/c1-13(2,3)19-22(20,21)12-7-10(14(15,16)17)6-9-8-18-5-4-11(9)12/h6-7,18-19H,4-5,8H2,1-3H3. The lowest BCUT2D eigenvalue weighted by atomic mass is 9.98. The van der Waals surface area contributed by atoms with Gasteiger partial charge in [0.15, 0.2) is 0 Å². The van der Waals surface area contributed by atoms with Crippen molar-refractivity contribution in [2.24, 2.45) is 0 Å². The molecular weight excluding hydrogens is 317 g/mol. The molecule has 0 aliphatic carbocycles. The molecule has 1 aliphatic rings. The number of hydrogen-bond donors (Lipinski definition) is 2. The third kappa shape index (κ3) is 3.80. The van der Waals surface area contributed by atoms with Crippen molar-refractivity contribution in [2.45, 2.75) is 50.3 Å². The molecule has 8 heteroatoms. The zero-order chi connectivity index (χ0) is 16.8. The Bertz CT molecular complexity index is 677. The summed E-state index contributed by atoms with van der Waals surface area (Å²) in [5.41, 5.74) is -0.865. The van der Waals surface area contributed by atoms with Crippen LogP contribution in [0.4, 0.5) is 13.2 Å². The molecule has 0 spiro atoms. The largest absolute Gasteiger partial charge is 0.416 e. The van der Waals surface area contributed by atoms with Crippen molar-refractivity contribution in [1.29, 1.82) is 0 Å². The Morgan fingerprint density at radius 2 is 1.82 bits per heavy atom. The number of hydrogen-bond acceptors (Lipinski definition) is 3. The molecule has 0 unspecified atom stereocenters. The molecule has 0 atom stereocenters. The third-order valence-corrected chi connectivity index (χ3v) is 5.05. The van der Waals surface area contributed by atoms with Gasteiger partial charge in [-0.15, -0.1) is 0 Å². The van der Waals surface area contributed by atoms with Gasteiger partial charge < -0.3 is 5.32 Å². The summed E-state index contributed by atoms with van der Waals surface area (Å²) in [6, 6.07) is 1.76. The summed E-state index contributed by atoms with van der Waals surface area (Å²) in [6.07, 6.45) is -4.20. The van der Waals surface area contributed by atoms with Gasteiger partial charge in [-0.3, -0.25) is 0 Å². The summed E-state index contributed by atoms with van der Waals surface area (Å²) >= 11 is 0. The van der Waals surface area contributed by atoms with E-state index in [-0.39, 0.29) is 11.4 Å². The van der Waals surface area contributed by atoms with Crippen molar-refractivity contribution in [1.82, 2.24) is 10.0 Å². The lowest BCUT2D eigenvalue weighted by Crippen LogP contribution is -2.41. The van der Waals surface area contributed by atoms with Gasteiger partial charge in [-0.2, -0.15) is 13.2 Å². The van der Waals surface area contributed by atoms with Crippen LogP contribution in [0.25, 0.3) is 0 Å². The maximum Gasteiger partial charge on any atom is 0.416 e. The van der Waals surface area contributed by atoms with Crippen LogP contribution < -0.4 is 10.0 Å². The van der Waals surface area contributed by atoms with Crippen LogP contribution in [-0.2, 0) is 29.2 Å². The molecule has 0 aromatic heterocycles. The molecule has 124 valence electrons. The molecule has 1 heterocycles. The number of fused-ring (bicyclic) bond motifs is 1. The van der Waals surface area contributed by atoms with E-state index in [1.807, 2.05) is 0 Å². The summed E-state index contributed by atoms with van der Waals surface area (Å²) < 4.78 is 66.5. The minimum Gasteiger partial charge on any atom is -0.312 e. The van der Waals surface area contributed by atoms with Crippen LogP contribution in [0.15, 0.2) is 17.0 Å². The number of halogens is 3. The number of alkyl halides is 3. The quantitative estimate of drug-likeness (QED) is 0.872. The zero-order valence-electron chi connectivity index (χ0n) is 12.6. The first-order valence-corrected chi connectivity index (χ1v) is 8.36. The predicted octanol–water partition coefficient (Wildman–Crippen LogP) is 2.43. The summed E-state index contributed by atoms with van der Waals surface area (Å²) in [5.74, 6) is 0. The van der Waals surface area contributed by atoms with Crippen LogP contribution in [0.2, 0.25) is 0 Å². The molecule has 1 aliphatic heterocycles. The van der Waals surface area contributed by atoms with Crippen molar-refractivity contribution in [3.8, 4) is 0 Å². The Morgan fingerprint density at radius 1 is 1.18 bits per heavy atom. The first kappa shape index (κ1) is 17.2. The Balaban J connectivity index is 2.63. The molecule has 0 saturated carbocycles. The Morgan fingerprint density at radius 3 is 2.36 bits per heavy atom. The molecular formula is C14H19F3N2O2S. The number of sulfonamides is 1. The number of rotatable bonds is 2. The molecule has 0 radical (unpaired) electrons. The van der Waals surface area contributed by atoms with Crippen LogP contribution in [0.5, 0.6) is 0 Å². The highest BCUT2D eigenvalue weighted by atomic mass is 32.2. The lowest BCUT2D eigenvalue weighted by molar-refractivity contribution is -0.137. The fourth-order valence-electron chi connectivity index (χ4n) is 2.44. The zero-order valence-corrected chi connectivity index (χ0v) is 13.5. The second kappa shape index (κ2) is 5.50. The van der Waals surface area contributed by atoms with Crippen LogP contribution in [0.1, 0.15) is 37.5 Å². The maximum absolute atomic E-state index is 13.0. The van der Waals surface area contributed by atoms with Gasteiger partial charge in [0.1, 0.15) is 0 Å². The first-order valence-electron chi connectivity index (χ1n) is 6.88. The van der Waals surface area contributed by atoms with Gasteiger partial charge in [0.25, 0.3) is 0 Å². The van der Waals surface area contributed by atoms with E-state index in [2.05, 4.69) is 10.0 Å². The van der Waals surface area contributed by atoms with Crippen LogP contribution >= 0.6 is 0 Å². The minimum atomic E-state index is -4.58. The summed E-state index contributed by atoms with van der Waals surface area (Å²) in [7, 11) is -4.02. The SMILES string of the molecule is CC(C)(C)NS(=O)(=O)c1cc(C(F)(F)F)cc2c1CCNC2. The normalized spacial score (nSPS) is 16.5. The van der Waals surface area contributed by atoms with Crippen LogP contribution in [0.3, 0.4) is 0 Å². The van der Waals surface area contributed by atoms with Gasteiger partial charge in [0.2, 0.25) is 10.0 Å². The average Bonchev–Trinajstić information content (AvgIpc) is 2.33. The molecule has 0 fully saturated rings. The van der Waals surface area contributed by atoms with Crippen molar-refractivity contribution in [3.63, 3.8) is 0 Å². The highest BCUT2D eigenvalue weighted by Crippen LogP contribution is 2.35. The number of nitrogens with one attached hydrogen (secondary N) is 2. The van der Waals surface area contributed by atoms with Gasteiger partial charge in [-0.1, -0.05) is 0 Å². The second-order valence-electron chi connectivity index (χ2n) is 6.39. The first-order chi connectivity index (χ1) is 9.90. The Labute approximate surface area is 128 Å². The van der Waals surface area contributed by atoms with E-state index in [1.165, 1.54) is 0 Å². The Kier molecular flexibility index (Phi) is 4.31. The second-order valence-corrected chi connectivity index (χ2v) is 8.04. The molecule has 1 aromatic rings. The van der Waals surface area contributed by atoms with Gasteiger partial charge >= 0.3 is 6.18 Å². The highest BCUT2D eigenvalue weighted by Gasteiger charge is 2.35. The molecule has 0 saturated heterocycles. The molecule has 2 N–H and O–H groups in total. The van der Waals surface area contributed by atoms with Crippen molar-refractivity contribution >= 4 is 10.0 Å². The van der Waals surface area contributed by atoms with Gasteiger partial charge in [0, 0.05) is 12.1 Å². The summed E-state index contributed by atoms with van der Waals surface area (Å²) in [4.78, 5) is -0.270. The smallest absolute Gasteiger partial charge is 0.312 e. The fourth-order valence-corrected chi connectivity index (χ4v) is 4.20. The van der Waals surface area contributed by atoms with Crippen LogP contribution in [-0.4, -0.2) is 20.5 Å².